The number of rotatable bonds is 4. The Labute approximate surface area is 326 Å². The third-order valence-electron chi connectivity index (χ3n) is 11.4. The zero-order valence-corrected chi connectivity index (χ0v) is 32.5. The van der Waals surface area contributed by atoms with Crippen LogP contribution in [0.4, 0.5) is 0 Å². The fraction of sp³-hybridized carbons (Fsp3) is 0.115. The van der Waals surface area contributed by atoms with E-state index in [1.54, 1.807) is 0 Å². The Morgan fingerprint density at radius 1 is 0.321 bits per heavy atom. The molecule has 0 saturated heterocycles. The van der Waals surface area contributed by atoms with Crippen molar-refractivity contribution >= 4 is 54.4 Å². The number of benzene rings is 6. The molecule has 0 saturated carbocycles. The second-order valence-corrected chi connectivity index (χ2v) is 15.5. The quantitative estimate of drug-likeness (QED) is 0.170. The highest BCUT2D eigenvalue weighted by atomic mass is 14.8. The van der Waals surface area contributed by atoms with Crippen molar-refractivity contribution in [1.29, 1.82) is 0 Å². The van der Waals surface area contributed by atoms with Crippen LogP contribution in [0.1, 0.15) is 33.4 Å². The summed E-state index contributed by atoms with van der Waals surface area (Å²) < 4.78 is 0. The first kappa shape index (κ1) is 33.8. The molecule has 0 unspecified atom stereocenters. The smallest absolute Gasteiger partial charge is 0.0894 e. The highest BCUT2D eigenvalue weighted by Gasteiger charge is 2.21. The molecule has 10 aromatic rings. The molecule has 0 aliphatic rings. The van der Waals surface area contributed by atoms with Gasteiger partial charge in [-0.1, -0.05) is 83.9 Å². The maximum Gasteiger partial charge on any atom is 0.0894 e. The summed E-state index contributed by atoms with van der Waals surface area (Å²) in [4.78, 5) is 21.3. The van der Waals surface area contributed by atoms with Gasteiger partial charge in [-0.2, -0.15) is 0 Å². The zero-order chi connectivity index (χ0) is 38.2. The molecular weight excluding hydrogens is 681 g/mol. The van der Waals surface area contributed by atoms with Crippen LogP contribution >= 0.6 is 0 Å². The van der Waals surface area contributed by atoms with E-state index in [0.29, 0.717) is 0 Å². The molecule has 6 aromatic carbocycles. The van der Waals surface area contributed by atoms with E-state index >= 15 is 0 Å². The minimum Gasteiger partial charge on any atom is -0.246 e. The fourth-order valence-corrected chi connectivity index (χ4v) is 9.08. The van der Waals surface area contributed by atoms with E-state index in [1.807, 2.05) is 12.1 Å². The molecule has 4 heteroatoms. The van der Waals surface area contributed by atoms with Gasteiger partial charge in [0, 0.05) is 32.3 Å². The number of aromatic nitrogens is 4. The monoisotopic (exact) mass is 720 g/mol. The highest BCUT2D eigenvalue weighted by molar-refractivity contribution is 6.22. The molecule has 0 amide bonds. The molecule has 4 nitrogen and oxygen atoms in total. The second-order valence-electron chi connectivity index (χ2n) is 15.5. The minimum atomic E-state index is 0.838. The van der Waals surface area contributed by atoms with Crippen LogP contribution < -0.4 is 0 Å². The topological polar surface area (TPSA) is 51.6 Å². The summed E-state index contributed by atoms with van der Waals surface area (Å²) in [7, 11) is 0. The Hall–Kier alpha value is -6.78. The van der Waals surface area contributed by atoms with Gasteiger partial charge in [0.1, 0.15) is 0 Å². The number of fused-ring (bicyclic) bond motifs is 7. The summed E-state index contributed by atoms with van der Waals surface area (Å²) in [5, 5.41) is 6.55. The van der Waals surface area contributed by atoms with E-state index < -0.39 is 0 Å². The van der Waals surface area contributed by atoms with Crippen molar-refractivity contribution in [1.82, 2.24) is 19.9 Å². The molecule has 0 aliphatic carbocycles. The molecule has 0 aliphatic heterocycles. The van der Waals surface area contributed by atoms with Crippen molar-refractivity contribution in [3.63, 3.8) is 0 Å². The summed E-state index contributed by atoms with van der Waals surface area (Å²) >= 11 is 0. The SMILES string of the molecule is Cc1cc(C)c(-c2cc3c(cc(-c4c(C)cc(C)cc4C)c4ccc(-c5ccc6ccccc6n5)nc43)c3nc(-c4ccc5ccccc5n4)ccc23)c(C)c1. The summed E-state index contributed by atoms with van der Waals surface area (Å²) in [5.74, 6) is 0. The number of aryl methyl sites for hydroxylation is 6. The average molecular weight is 721 g/mol. The van der Waals surface area contributed by atoms with Gasteiger partial charge in [0.2, 0.25) is 0 Å². The number of para-hydroxylation sites is 2. The molecule has 0 spiro atoms. The van der Waals surface area contributed by atoms with E-state index in [0.717, 1.165) is 88.3 Å². The highest BCUT2D eigenvalue weighted by Crippen LogP contribution is 2.44. The van der Waals surface area contributed by atoms with Crippen molar-refractivity contribution < 1.29 is 0 Å². The molecule has 4 heterocycles. The van der Waals surface area contributed by atoms with Gasteiger partial charge in [0.15, 0.2) is 0 Å². The maximum atomic E-state index is 5.56. The van der Waals surface area contributed by atoms with Crippen molar-refractivity contribution in [3.05, 3.63) is 167 Å². The van der Waals surface area contributed by atoms with Gasteiger partial charge in [-0.05, 0) is 147 Å². The summed E-state index contributed by atoms with van der Waals surface area (Å²) in [6.07, 6.45) is 0. The minimum absolute atomic E-state index is 0.838. The predicted molar refractivity (Wildman–Crippen MR) is 235 cm³/mol. The first-order valence-corrected chi connectivity index (χ1v) is 19.3. The number of hydrogen-bond acceptors (Lipinski definition) is 4. The van der Waals surface area contributed by atoms with Crippen LogP contribution in [0.25, 0.3) is 99.4 Å². The fourth-order valence-electron chi connectivity index (χ4n) is 9.08. The second kappa shape index (κ2) is 12.9. The van der Waals surface area contributed by atoms with E-state index in [-0.39, 0.29) is 0 Å². The summed E-state index contributed by atoms with van der Waals surface area (Å²) in [5.41, 5.74) is 19.4. The number of pyridine rings is 4. The van der Waals surface area contributed by atoms with Gasteiger partial charge >= 0.3 is 0 Å². The van der Waals surface area contributed by atoms with Crippen LogP contribution in [0.5, 0.6) is 0 Å². The van der Waals surface area contributed by atoms with Gasteiger partial charge < -0.3 is 0 Å². The van der Waals surface area contributed by atoms with Crippen LogP contribution in [0, 0.1) is 41.5 Å². The van der Waals surface area contributed by atoms with Crippen LogP contribution in [0.2, 0.25) is 0 Å². The number of nitrogens with zero attached hydrogens (tertiary/aromatic N) is 4. The van der Waals surface area contributed by atoms with Gasteiger partial charge in [0.25, 0.3) is 0 Å². The molecule has 268 valence electrons. The van der Waals surface area contributed by atoms with Crippen LogP contribution in [-0.4, -0.2) is 19.9 Å². The van der Waals surface area contributed by atoms with Gasteiger partial charge in [-0.25, -0.2) is 19.9 Å². The number of hydrogen-bond donors (Lipinski definition) is 0. The third-order valence-corrected chi connectivity index (χ3v) is 11.4. The van der Waals surface area contributed by atoms with E-state index in [4.69, 9.17) is 19.9 Å². The lowest BCUT2D eigenvalue weighted by Crippen LogP contribution is -1.98. The van der Waals surface area contributed by atoms with E-state index in [2.05, 4.69) is 163 Å². The van der Waals surface area contributed by atoms with Crippen LogP contribution in [-0.2, 0) is 0 Å². The predicted octanol–water partition coefficient (Wildman–Crippen LogP) is 13.6. The zero-order valence-electron chi connectivity index (χ0n) is 32.5. The van der Waals surface area contributed by atoms with Crippen molar-refractivity contribution in [2.24, 2.45) is 0 Å². The van der Waals surface area contributed by atoms with E-state index in [1.165, 1.54) is 44.5 Å². The summed E-state index contributed by atoms with van der Waals surface area (Å²) in [6, 6.07) is 47.6. The van der Waals surface area contributed by atoms with Gasteiger partial charge in [-0.3, -0.25) is 0 Å². The first-order chi connectivity index (χ1) is 27.2. The Morgan fingerprint density at radius 3 is 1.09 bits per heavy atom. The molecule has 10 rings (SSSR count). The third kappa shape index (κ3) is 5.52. The summed E-state index contributed by atoms with van der Waals surface area (Å²) in [6.45, 7) is 13.2. The largest absolute Gasteiger partial charge is 0.246 e. The standard InChI is InChI=1S/C52H40N4/c1-29-23-31(3)49(32(4)24-29)39-27-41-42(51-37(39)17-21-47(55-51)45-19-15-35-11-7-9-13-43(35)53-45)28-40(50-33(5)25-30(2)26-34(50)6)38-18-22-48(56-52(38)41)46-20-16-36-12-8-10-14-44(36)54-46/h7-28H,1-6H3. The lowest BCUT2D eigenvalue weighted by atomic mass is 9.86. The lowest BCUT2D eigenvalue weighted by Gasteiger charge is -2.20. The molecule has 0 fully saturated rings. The van der Waals surface area contributed by atoms with Crippen molar-refractivity contribution in [3.8, 4) is 45.0 Å². The van der Waals surface area contributed by atoms with E-state index in [9.17, 15) is 0 Å². The molecule has 4 aromatic heterocycles. The maximum absolute atomic E-state index is 5.56. The van der Waals surface area contributed by atoms with Crippen molar-refractivity contribution in [2.75, 3.05) is 0 Å². The van der Waals surface area contributed by atoms with Gasteiger partial charge in [-0.15, -0.1) is 0 Å². The molecule has 0 atom stereocenters. The molecule has 0 bridgehead atoms. The Kier molecular flexibility index (Phi) is 7.79. The average Bonchev–Trinajstić information content (AvgIpc) is 3.19. The van der Waals surface area contributed by atoms with Gasteiger partial charge in [0.05, 0.1) is 44.8 Å². The van der Waals surface area contributed by atoms with Crippen LogP contribution in [0.15, 0.2) is 133 Å². The van der Waals surface area contributed by atoms with Crippen LogP contribution in [0.3, 0.4) is 0 Å². The normalized spacial score (nSPS) is 11.8. The molecule has 0 N–H and O–H groups in total. The molecule has 56 heavy (non-hydrogen) atoms. The van der Waals surface area contributed by atoms with Crippen molar-refractivity contribution in [2.45, 2.75) is 41.5 Å². The molecular formula is C52H40N4. The Balaban J connectivity index is 1.35. The first-order valence-electron chi connectivity index (χ1n) is 19.3. The lowest BCUT2D eigenvalue weighted by molar-refractivity contribution is 1.31. The Morgan fingerprint density at radius 2 is 0.679 bits per heavy atom. The Bertz CT molecular complexity index is 3000. The molecule has 0 radical (unpaired) electrons.